The molecule has 2 aromatic carbocycles. The van der Waals surface area contributed by atoms with Gasteiger partial charge in [0.1, 0.15) is 0 Å². The van der Waals surface area contributed by atoms with Crippen LogP contribution in [0.25, 0.3) is 0 Å². The smallest absolute Gasteiger partial charge is 0.00344 e. The molecule has 0 spiro atoms. The fourth-order valence-corrected chi connectivity index (χ4v) is 7.41. The van der Waals surface area contributed by atoms with Gasteiger partial charge in [0.15, 0.2) is 0 Å². The van der Waals surface area contributed by atoms with E-state index in [9.17, 15) is 0 Å². The number of allylic oxidation sites excluding steroid dienone is 2. The van der Waals surface area contributed by atoms with Crippen LogP contribution in [0.5, 0.6) is 0 Å². The van der Waals surface area contributed by atoms with Crippen LogP contribution >= 0.6 is 7.92 Å². The molecule has 2 aromatic rings. The molecule has 1 fully saturated rings. The van der Waals surface area contributed by atoms with Crippen LogP contribution in [-0.4, -0.2) is 5.66 Å². The first-order valence-corrected chi connectivity index (χ1v) is 9.33. The molecule has 21 heavy (non-hydrogen) atoms. The number of hydrogen-bond donors (Lipinski definition) is 0. The van der Waals surface area contributed by atoms with Gasteiger partial charge >= 0.3 is 0 Å². The van der Waals surface area contributed by atoms with E-state index in [2.05, 4.69) is 79.7 Å². The zero-order chi connectivity index (χ0) is 14.2. The van der Waals surface area contributed by atoms with Crippen LogP contribution in [0.4, 0.5) is 0 Å². The molecule has 0 nitrogen and oxygen atoms in total. The van der Waals surface area contributed by atoms with Gasteiger partial charge in [-0.15, -0.1) is 0 Å². The van der Waals surface area contributed by atoms with E-state index in [-0.39, 0.29) is 7.92 Å². The van der Waals surface area contributed by atoms with Crippen LogP contribution in [-0.2, 0) is 0 Å². The van der Waals surface area contributed by atoms with Crippen molar-refractivity contribution < 1.29 is 0 Å². The van der Waals surface area contributed by atoms with Gasteiger partial charge in [0.2, 0.25) is 0 Å². The van der Waals surface area contributed by atoms with E-state index in [1.54, 1.807) is 0 Å². The highest BCUT2D eigenvalue weighted by molar-refractivity contribution is 7.73. The van der Waals surface area contributed by atoms with E-state index < -0.39 is 0 Å². The van der Waals surface area contributed by atoms with Crippen LogP contribution in [0, 0.1) is 17.8 Å². The molecule has 106 valence electrons. The predicted molar refractivity (Wildman–Crippen MR) is 92.8 cm³/mol. The zero-order valence-corrected chi connectivity index (χ0v) is 13.3. The summed E-state index contributed by atoms with van der Waals surface area (Å²) in [4.78, 5) is 0. The Labute approximate surface area is 128 Å². The molecular formula is C20H21P. The minimum atomic E-state index is -0.257. The van der Waals surface area contributed by atoms with Gasteiger partial charge in [-0.3, -0.25) is 0 Å². The highest BCUT2D eigenvalue weighted by Gasteiger charge is 2.46. The summed E-state index contributed by atoms with van der Waals surface area (Å²) < 4.78 is 0. The van der Waals surface area contributed by atoms with Crippen molar-refractivity contribution in [2.24, 2.45) is 17.8 Å². The molecule has 0 radical (unpaired) electrons. The van der Waals surface area contributed by atoms with Gasteiger partial charge in [-0.05, 0) is 48.4 Å². The van der Waals surface area contributed by atoms with E-state index in [0.29, 0.717) is 0 Å². The Morgan fingerprint density at radius 2 is 1.29 bits per heavy atom. The van der Waals surface area contributed by atoms with Crippen molar-refractivity contribution in [3.05, 3.63) is 72.8 Å². The van der Waals surface area contributed by atoms with Gasteiger partial charge in [-0.2, -0.15) is 0 Å². The number of fused-ring (bicyclic) bond motifs is 2. The van der Waals surface area contributed by atoms with E-state index in [4.69, 9.17) is 0 Å². The Morgan fingerprint density at radius 1 is 0.762 bits per heavy atom. The molecule has 0 unspecified atom stereocenters. The van der Waals surface area contributed by atoms with Crippen molar-refractivity contribution in [3.8, 4) is 0 Å². The zero-order valence-electron chi connectivity index (χ0n) is 12.4. The fraction of sp³-hybridized carbons (Fsp3) is 0.300. The van der Waals surface area contributed by atoms with Crippen molar-refractivity contribution in [3.63, 3.8) is 0 Å². The van der Waals surface area contributed by atoms with Gasteiger partial charge in [-0.1, -0.05) is 79.7 Å². The van der Waals surface area contributed by atoms with Crippen molar-refractivity contribution in [1.82, 2.24) is 0 Å². The standard InChI is InChI=1S/C20H21P/c1-15-16-12-13-17(14-16)20(15)21(18-8-4-2-5-9-18)19-10-6-3-7-11-19/h2-13,15-17,20H,14H2,1H3/t15-,16+,17-,20+/m0/s1. The maximum absolute atomic E-state index is 2.50. The average molecular weight is 292 g/mol. The summed E-state index contributed by atoms with van der Waals surface area (Å²) in [5.74, 6) is 2.42. The summed E-state index contributed by atoms with van der Waals surface area (Å²) in [6.07, 6.45) is 6.34. The van der Waals surface area contributed by atoms with Gasteiger partial charge in [0, 0.05) is 0 Å². The van der Waals surface area contributed by atoms with Crippen molar-refractivity contribution in [2.75, 3.05) is 0 Å². The minimum absolute atomic E-state index is 0.257. The van der Waals surface area contributed by atoms with E-state index >= 15 is 0 Å². The third-order valence-electron chi connectivity index (χ3n) is 5.17. The highest BCUT2D eigenvalue weighted by atomic mass is 31.1. The second-order valence-electron chi connectivity index (χ2n) is 6.34. The maximum Gasteiger partial charge on any atom is -0.00344 e. The molecule has 1 saturated carbocycles. The monoisotopic (exact) mass is 292 g/mol. The SMILES string of the molecule is C[C@@H]1[C@@H](P(c2ccccc2)c2ccccc2)[C@H]2C=C[C@@H]1C2. The summed E-state index contributed by atoms with van der Waals surface area (Å²) >= 11 is 0. The Hall–Kier alpha value is -1.39. The highest BCUT2D eigenvalue weighted by Crippen LogP contribution is 2.57. The molecule has 0 saturated heterocycles. The summed E-state index contributed by atoms with van der Waals surface area (Å²) in [6, 6.07) is 22.4. The third kappa shape index (κ3) is 2.27. The quantitative estimate of drug-likeness (QED) is 0.583. The topological polar surface area (TPSA) is 0 Å². The van der Waals surface area contributed by atoms with Gasteiger partial charge in [-0.25, -0.2) is 0 Å². The van der Waals surface area contributed by atoms with Crippen LogP contribution in [0.15, 0.2) is 72.8 Å². The number of hydrogen-bond acceptors (Lipinski definition) is 0. The lowest BCUT2D eigenvalue weighted by molar-refractivity contribution is 0.501. The van der Waals surface area contributed by atoms with Crippen LogP contribution < -0.4 is 10.6 Å². The van der Waals surface area contributed by atoms with Gasteiger partial charge in [0.25, 0.3) is 0 Å². The number of benzene rings is 2. The van der Waals surface area contributed by atoms with Crippen molar-refractivity contribution in [2.45, 2.75) is 19.0 Å². The molecule has 0 N–H and O–H groups in total. The van der Waals surface area contributed by atoms with Gasteiger partial charge < -0.3 is 0 Å². The molecule has 4 atom stereocenters. The van der Waals surface area contributed by atoms with E-state index in [0.717, 1.165) is 23.4 Å². The molecule has 2 aliphatic rings. The Morgan fingerprint density at radius 3 is 1.76 bits per heavy atom. The molecule has 2 bridgehead atoms. The lowest BCUT2D eigenvalue weighted by Gasteiger charge is -2.34. The predicted octanol–water partition coefficient (Wildman–Crippen LogP) is 4.33. The molecule has 1 heteroatoms. The summed E-state index contributed by atoms with van der Waals surface area (Å²) in [7, 11) is -0.257. The molecule has 0 aliphatic heterocycles. The largest absolute Gasteiger partial charge is 0.0848 e. The minimum Gasteiger partial charge on any atom is -0.0848 e. The normalized spacial score (nSPS) is 30.2. The number of rotatable bonds is 3. The fourth-order valence-electron chi connectivity index (χ4n) is 4.14. The van der Waals surface area contributed by atoms with Crippen molar-refractivity contribution in [1.29, 1.82) is 0 Å². The van der Waals surface area contributed by atoms with Crippen LogP contribution in [0.3, 0.4) is 0 Å². The average Bonchev–Trinajstić information content (AvgIpc) is 3.13. The van der Waals surface area contributed by atoms with Crippen molar-refractivity contribution >= 4 is 18.5 Å². The van der Waals surface area contributed by atoms with Gasteiger partial charge in [0.05, 0.1) is 0 Å². The first-order chi connectivity index (χ1) is 10.3. The Kier molecular flexibility index (Phi) is 3.43. The maximum atomic E-state index is 2.50. The van der Waals surface area contributed by atoms with Crippen LogP contribution in [0.1, 0.15) is 13.3 Å². The first kappa shape index (κ1) is 13.3. The summed E-state index contributed by atoms with van der Waals surface area (Å²) in [6.45, 7) is 2.47. The molecule has 0 aromatic heterocycles. The molecular weight excluding hydrogens is 271 g/mol. The molecule has 0 heterocycles. The Bertz CT molecular complexity index is 592. The summed E-state index contributed by atoms with van der Waals surface area (Å²) in [5.41, 5.74) is 0.805. The third-order valence-corrected chi connectivity index (χ3v) is 8.33. The molecule has 0 amide bonds. The van der Waals surface area contributed by atoms with Crippen LogP contribution in [0.2, 0.25) is 0 Å². The second kappa shape index (κ2) is 5.43. The van der Waals surface area contributed by atoms with E-state index in [1.165, 1.54) is 17.0 Å². The second-order valence-corrected chi connectivity index (χ2v) is 8.71. The molecule has 2 aliphatic carbocycles. The van der Waals surface area contributed by atoms with E-state index in [1.807, 2.05) is 0 Å². The lowest BCUT2D eigenvalue weighted by atomic mass is 9.95. The lowest BCUT2D eigenvalue weighted by Crippen LogP contribution is -2.29. The Balaban J connectivity index is 1.80. The first-order valence-electron chi connectivity index (χ1n) is 7.92. The summed E-state index contributed by atoms with van der Waals surface area (Å²) in [5, 5.41) is 3.08. The molecule has 4 rings (SSSR count).